The maximum Gasteiger partial charge on any atom is 0.256 e. The first-order valence-electron chi connectivity index (χ1n) is 6.18. The molecule has 1 aliphatic rings. The molecule has 0 bridgehead atoms. The van der Waals surface area contributed by atoms with E-state index in [9.17, 15) is 10.1 Å². The van der Waals surface area contributed by atoms with Crippen LogP contribution >= 0.6 is 11.6 Å². The Morgan fingerprint density at radius 2 is 2.21 bits per heavy atom. The van der Waals surface area contributed by atoms with Gasteiger partial charge in [-0.1, -0.05) is 17.7 Å². The number of carbonyl (C=O) groups is 1. The SMILES string of the molecule is Cc1ccc(C(=O)N2CCN(C)C[C@H]2C#N)c(Cl)c1. The van der Waals surface area contributed by atoms with E-state index in [1.807, 2.05) is 20.0 Å². The Labute approximate surface area is 118 Å². The summed E-state index contributed by atoms with van der Waals surface area (Å²) in [5.41, 5.74) is 1.48. The number of piperazine rings is 1. The number of benzene rings is 1. The van der Waals surface area contributed by atoms with E-state index in [0.717, 1.165) is 12.1 Å². The number of aryl methyl sites for hydroxylation is 1. The molecule has 0 spiro atoms. The molecule has 1 aliphatic heterocycles. The number of amides is 1. The van der Waals surface area contributed by atoms with Crippen LogP contribution in [-0.4, -0.2) is 48.4 Å². The second-order valence-corrected chi connectivity index (χ2v) is 5.30. The van der Waals surface area contributed by atoms with Gasteiger partial charge >= 0.3 is 0 Å². The first-order valence-corrected chi connectivity index (χ1v) is 6.56. The zero-order valence-corrected chi connectivity index (χ0v) is 11.8. The van der Waals surface area contributed by atoms with E-state index in [1.54, 1.807) is 17.0 Å². The molecular formula is C14H16ClN3O. The lowest BCUT2D eigenvalue weighted by atomic mass is 10.1. The Bertz CT molecular complexity index is 538. The van der Waals surface area contributed by atoms with Gasteiger partial charge in [-0.3, -0.25) is 4.79 Å². The van der Waals surface area contributed by atoms with E-state index in [4.69, 9.17) is 11.6 Å². The van der Waals surface area contributed by atoms with Gasteiger partial charge in [0.05, 0.1) is 16.7 Å². The van der Waals surface area contributed by atoms with Crippen molar-refractivity contribution in [2.24, 2.45) is 0 Å². The average molecular weight is 278 g/mol. The smallest absolute Gasteiger partial charge is 0.256 e. The number of rotatable bonds is 1. The lowest BCUT2D eigenvalue weighted by molar-refractivity contribution is 0.0585. The van der Waals surface area contributed by atoms with E-state index in [2.05, 4.69) is 11.0 Å². The van der Waals surface area contributed by atoms with Crippen LogP contribution in [0, 0.1) is 18.3 Å². The maximum absolute atomic E-state index is 12.5. The van der Waals surface area contributed by atoms with Crippen molar-refractivity contribution in [1.82, 2.24) is 9.80 Å². The van der Waals surface area contributed by atoms with E-state index < -0.39 is 6.04 Å². The highest BCUT2D eigenvalue weighted by molar-refractivity contribution is 6.33. The molecule has 5 heteroatoms. The third-order valence-corrected chi connectivity index (χ3v) is 3.66. The second kappa shape index (κ2) is 5.60. The predicted molar refractivity (Wildman–Crippen MR) is 74.1 cm³/mol. The molecule has 1 aromatic carbocycles. The quantitative estimate of drug-likeness (QED) is 0.788. The van der Waals surface area contributed by atoms with Crippen molar-refractivity contribution in [3.8, 4) is 6.07 Å². The molecule has 0 unspecified atom stereocenters. The fourth-order valence-corrected chi connectivity index (χ4v) is 2.54. The molecular weight excluding hydrogens is 262 g/mol. The Kier molecular flexibility index (Phi) is 4.08. The summed E-state index contributed by atoms with van der Waals surface area (Å²) in [5.74, 6) is -0.162. The third-order valence-electron chi connectivity index (χ3n) is 3.35. The molecule has 0 N–H and O–H groups in total. The fourth-order valence-electron chi connectivity index (χ4n) is 2.22. The minimum Gasteiger partial charge on any atom is -0.320 e. The minimum atomic E-state index is -0.413. The van der Waals surface area contributed by atoms with Crippen LogP contribution in [0.3, 0.4) is 0 Å². The van der Waals surface area contributed by atoms with Gasteiger partial charge in [0.1, 0.15) is 6.04 Å². The monoisotopic (exact) mass is 277 g/mol. The molecule has 1 aromatic rings. The summed E-state index contributed by atoms with van der Waals surface area (Å²) < 4.78 is 0. The topological polar surface area (TPSA) is 47.3 Å². The Morgan fingerprint density at radius 3 is 2.84 bits per heavy atom. The maximum atomic E-state index is 12.5. The summed E-state index contributed by atoms with van der Waals surface area (Å²) in [6.07, 6.45) is 0. The molecule has 1 fully saturated rings. The van der Waals surface area contributed by atoms with Crippen LogP contribution in [0.5, 0.6) is 0 Å². The van der Waals surface area contributed by atoms with Crippen LogP contribution in [0.1, 0.15) is 15.9 Å². The van der Waals surface area contributed by atoms with Gasteiger partial charge in [-0.25, -0.2) is 0 Å². The molecule has 0 aliphatic carbocycles. The first kappa shape index (κ1) is 13.9. The van der Waals surface area contributed by atoms with E-state index in [-0.39, 0.29) is 5.91 Å². The van der Waals surface area contributed by atoms with Gasteiger partial charge in [-0.05, 0) is 31.7 Å². The van der Waals surface area contributed by atoms with Crippen LogP contribution in [0.4, 0.5) is 0 Å². The van der Waals surface area contributed by atoms with Crippen molar-refractivity contribution >= 4 is 17.5 Å². The molecule has 1 amide bonds. The molecule has 0 saturated carbocycles. The summed E-state index contributed by atoms with van der Waals surface area (Å²) in [7, 11) is 1.95. The standard InChI is InChI=1S/C14H16ClN3O/c1-10-3-4-12(13(15)7-10)14(19)18-6-5-17(2)9-11(18)8-16/h3-4,7,11H,5-6,9H2,1-2H3/t11-/m1/s1. The highest BCUT2D eigenvalue weighted by atomic mass is 35.5. The number of hydrogen-bond donors (Lipinski definition) is 0. The summed E-state index contributed by atoms with van der Waals surface area (Å²) in [6, 6.07) is 7.13. The van der Waals surface area contributed by atoms with Gasteiger partial charge in [-0.15, -0.1) is 0 Å². The van der Waals surface area contributed by atoms with Gasteiger partial charge in [0.25, 0.3) is 5.91 Å². The summed E-state index contributed by atoms with van der Waals surface area (Å²) >= 11 is 6.12. The van der Waals surface area contributed by atoms with Crippen molar-refractivity contribution in [3.63, 3.8) is 0 Å². The third kappa shape index (κ3) is 2.89. The first-order chi connectivity index (χ1) is 9.02. The van der Waals surface area contributed by atoms with Crippen LogP contribution in [0.25, 0.3) is 0 Å². The Hall–Kier alpha value is -1.57. The summed E-state index contributed by atoms with van der Waals surface area (Å²) in [6.45, 7) is 3.82. The number of likely N-dealkylation sites (N-methyl/N-ethyl adjacent to an activating group) is 1. The number of halogens is 1. The molecule has 100 valence electrons. The van der Waals surface area contributed by atoms with Crippen molar-refractivity contribution in [3.05, 3.63) is 34.3 Å². The van der Waals surface area contributed by atoms with Crippen LogP contribution in [0.15, 0.2) is 18.2 Å². The van der Waals surface area contributed by atoms with Crippen LogP contribution < -0.4 is 0 Å². The zero-order valence-electron chi connectivity index (χ0n) is 11.1. The van der Waals surface area contributed by atoms with Gasteiger partial charge in [0.2, 0.25) is 0 Å². The van der Waals surface area contributed by atoms with Gasteiger partial charge in [0, 0.05) is 19.6 Å². The number of nitrogens with zero attached hydrogens (tertiary/aromatic N) is 3. The van der Waals surface area contributed by atoms with Crippen molar-refractivity contribution in [2.45, 2.75) is 13.0 Å². The zero-order chi connectivity index (χ0) is 14.0. The van der Waals surface area contributed by atoms with Crippen molar-refractivity contribution < 1.29 is 4.79 Å². The molecule has 0 aromatic heterocycles. The molecule has 2 rings (SSSR count). The van der Waals surface area contributed by atoms with Gasteiger partial charge < -0.3 is 9.80 Å². The van der Waals surface area contributed by atoms with E-state index in [1.165, 1.54) is 0 Å². The van der Waals surface area contributed by atoms with Gasteiger partial charge in [0.15, 0.2) is 0 Å². The molecule has 19 heavy (non-hydrogen) atoms. The Balaban J connectivity index is 2.26. The molecule has 1 heterocycles. The molecule has 0 radical (unpaired) electrons. The van der Waals surface area contributed by atoms with Gasteiger partial charge in [-0.2, -0.15) is 5.26 Å². The van der Waals surface area contributed by atoms with Crippen molar-refractivity contribution in [1.29, 1.82) is 5.26 Å². The lowest BCUT2D eigenvalue weighted by Crippen LogP contribution is -2.53. The average Bonchev–Trinajstić information content (AvgIpc) is 2.37. The predicted octanol–water partition coefficient (Wildman–Crippen LogP) is 1.93. The molecule has 1 atom stereocenters. The number of nitriles is 1. The van der Waals surface area contributed by atoms with E-state index >= 15 is 0 Å². The fraction of sp³-hybridized carbons (Fsp3) is 0.429. The van der Waals surface area contributed by atoms with Crippen LogP contribution in [-0.2, 0) is 0 Å². The van der Waals surface area contributed by atoms with Crippen LogP contribution in [0.2, 0.25) is 5.02 Å². The number of carbonyl (C=O) groups excluding carboxylic acids is 1. The molecule has 4 nitrogen and oxygen atoms in total. The lowest BCUT2D eigenvalue weighted by Gasteiger charge is -2.36. The minimum absolute atomic E-state index is 0.162. The number of hydrogen-bond acceptors (Lipinski definition) is 3. The van der Waals surface area contributed by atoms with E-state index in [0.29, 0.717) is 23.7 Å². The highest BCUT2D eigenvalue weighted by Gasteiger charge is 2.30. The second-order valence-electron chi connectivity index (χ2n) is 4.89. The summed E-state index contributed by atoms with van der Waals surface area (Å²) in [4.78, 5) is 16.1. The summed E-state index contributed by atoms with van der Waals surface area (Å²) in [5, 5.41) is 9.63. The Morgan fingerprint density at radius 1 is 1.47 bits per heavy atom. The highest BCUT2D eigenvalue weighted by Crippen LogP contribution is 2.21. The largest absolute Gasteiger partial charge is 0.320 e. The normalized spacial score (nSPS) is 20.1. The molecule has 1 saturated heterocycles. The van der Waals surface area contributed by atoms with Crippen molar-refractivity contribution in [2.75, 3.05) is 26.7 Å².